The lowest BCUT2D eigenvalue weighted by Crippen LogP contribution is -2.41. The number of hydrogen-bond acceptors (Lipinski definition) is 4. The molecule has 18 heavy (non-hydrogen) atoms. The van der Waals surface area contributed by atoms with Crippen molar-refractivity contribution in [2.45, 2.75) is 11.8 Å². The molecule has 0 saturated carbocycles. The van der Waals surface area contributed by atoms with Crippen LogP contribution in [0.15, 0.2) is 23.1 Å². The molecule has 6 heteroatoms. The van der Waals surface area contributed by atoms with Crippen LogP contribution in [0.3, 0.4) is 0 Å². The van der Waals surface area contributed by atoms with E-state index in [-0.39, 0.29) is 24.0 Å². The molecule has 0 fully saturated rings. The lowest BCUT2D eigenvalue weighted by atomic mass is 10.1. The Morgan fingerprint density at radius 1 is 1.44 bits per heavy atom. The highest BCUT2D eigenvalue weighted by Crippen LogP contribution is 2.35. The number of anilines is 1. The van der Waals surface area contributed by atoms with Crippen LogP contribution in [-0.4, -0.2) is 29.9 Å². The van der Waals surface area contributed by atoms with Crippen LogP contribution in [0, 0.1) is 0 Å². The third kappa shape index (κ3) is 2.38. The molecular weight excluding hydrogens is 252 g/mol. The first-order chi connectivity index (χ1) is 8.49. The first kappa shape index (κ1) is 12.6. The fourth-order valence-electron chi connectivity index (χ4n) is 1.75. The Bertz CT molecular complexity index is 542. The molecular formula is C12H12N2O3S. The van der Waals surface area contributed by atoms with Gasteiger partial charge in [-0.2, -0.15) is 0 Å². The Kier molecular flexibility index (Phi) is 3.38. The van der Waals surface area contributed by atoms with Crippen molar-refractivity contribution in [1.29, 1.82) is 0 Å². The van der Waals surface area contributed by atoms with Crippen molar-refractivity contribution in [3.63, 3.8) is 0 Å². The molecule has 2 amide bonds. The molecule has 1 heterocycles. The smallest absolute Gasteiger partial charge is 0.237 e. The summed E-state index contributed by atoms with van der Waals surface area (Å²) in [5.41, 5.74) is 6.36. The first-order valence-electron chi connectivity index (χ1n) is 5.35. The Balaban J connectivity index is 2.41. The summed E-state index contributed by atoms with van der Waals surface area (Å²) >= 11 is 1.36. The first-order valence-corrected chi connectivity index (χ1v) is 6.34. The normalized spacial score (nSPS) is 14.3. The number of benzene rings is 1. The number of ketones is 1. The van der Waals surface area contributed by atoms with Crippen LogP contribution in [-0.2, 0) is 9.59 Å². The predicted molar refractivity (Wildman–Crippen MR) is 68.7 cm³/mol. The van der Waals surface area contributed by atoms with E-state index in [1.807, 2.05) is 0 Å². The van der Waals surface area contributed by atoms with E-state index in [0.717, 1.165) is 4.90 Å². The Morgan fingerprint density at radius 3 is 2.78 bits per heavy atom. The summed E-state index contributed by atoms with van der Waals surface area (Å²) < 4.78 is 0. The van der Waals surface area contributed by atoms with Gasteiger partial charge in [0.15, 0.2) is 5.78 Å². The van der Waals surface area contributed by atoms with E-state index in [1.165, 1.54) is 23.6 Å². The number of rotatable bonds is 3. The monoisotopic (exact) mass is 264 g/mol. The molecule has 0 bridgehead atoms. The predicted octanol–water partition coefficient (Wildman–Crippen LogP) is 0.813. The number of hydrogen-bond donors (Lipinski definition) is 1. The van der Waals surface area contributed by atoms with Crippen LogP contribution in [0.1, 0.15) is 17.3 Å². The van der Waals surface area contributed by atoms with Gasteiger partial charge in [0, 0.05) is 10.5 Å². The topological polar surface area (TPSA) is 80.5 Å². The van der Waals surface area contributed by atoms with Crippen molar-refractivity contribution in [1.82, 2.24) is 0 Å². The van der Waals surface area contributed by atoms with E-state index >= 15 is 0 Å². The molecule has 0 radical (unpaired) electrons. The van der Waals surface area contributed by atoms with Gasteiger partial charge < -0.3 is 10.6 Å². The minimum Gasteiger partial charge on any atom is -0.368 e. The van der Waals surface area contributed by atoms with Gasteiger partial charge >= 0.3 is 0 Å². The van der Waals surface area contributed by atoms with Gasteiger partial charge in [-0.15, -0.1) is 11.8 Å². The van der Waals surface area contributed by atoms with Gasteiger partial charge in [0.25, 0.3) is 0 Å². The second-order valence-corrected chi connectivity index (χ2v) is 4.99. The second kappa shape index (κ2) is 4.81. The van der Waals surface area contributed by atoms with Gasteiger partial charge in [-0.25, -0.2) is 0 Å². The molecule has 0 unspecified atom stereocenters. The van der Waals surface area contributed by atoms with E-state index in [0.29, 0.717) is 11.3 Å². The Labute approximate surface area is 108 Å². The third-order valence-corrected chi connectivity index (χ3v) is 3.65. The van der Waals surface area contributed by atoms with E-state index in [9.17, 15) is 14.4 Å². The molecule has 0 saturated heterocycles. The van der Waals surface area contributed by atoms with E-state index in [2.05, 4.69) is 0 Å². The fraction of sp³-hybridized carbons (Fsp3) is 0.250. The highest BCUT2D eigenvalue weighted by atomic mass is 32.2. The molecule has 0 atom stereocenters. The second-order valence-electron chi connectivity index (χ2n) is 3.97. The van der Waals surface area contributed by atoms with Crippen molar-refractivity contribution in [2.75, 3.05) is 17.2 Å². The van der Waals surface area contributed by atoms with Gasteiger partial charge in [0.2, 0.25) is 11.8 Å². The molecule has 0 spiro atoms. The summed E-state index contributed by atoms with van der Waals surface area (Å²) in [6, 6.07) is 5.07. The largest absolute Gasteiger partial charge is 0.368 e. The number of nitrogens with two attached hydrogens (primary N) is 1. The summed E-state index contributed by atoms with van der Waals surface area (Å²) in [6.45, 7) is 1.35. The Hall–Kier alpha value is -1.82. The standard InChI is InChI=1S/C12H12N2O3S/c1-7(15)8-2-3-9-10(4-8)18-6-12(17)14(9)5-11(13)16/h2-4H,5-6H2,1H3,(H2,13,16). The molecule has 1 aromatic carbocycles. The number of nitrogens with zero attached hydrogens (tertiary/aromatic N) is 1. The highest BCUT2D eigenvalue weighted by molar-refractivity contribution is 8.00. The number of carbonyl (C=O) groups is 3. The van der Waals surface area contributed by atoms with Gasteiger partial charge in [-0.05, 0) is 25.1 Å². The minimum absolute atomic E-state index is 0.0308. The molecule has 0 aliphatic carbocycles. The molecule has 1 aliphatic heterocycles. The van der Waals surface area contributed by atoms with Crippen LogP contribution in [0.4, 0.5) is 5.69 Å². The number of carbonyl (C=O) groups excluding carboxylic acids is 3. The summed E-state index contributed by atoms with van der Waals surface area (Å²) in [6.07, 6.45) is 0. The molecule has 2 N–H and O–H groups in total. The average Bonchev–Trinajstić information content (AvgIpc) is 2.31. The van der Waals surface area contributed by atoms with Crippen molar-refractivity contribution < 1.29 is 14.4 Å². The molecule has 5 nitrogen and oxygen atoms in total. The average molecular weight is 264 g/mol. The maximum Gasteiger partial charge on any atom is 0.237 e. The summed E-state index contributed by atoms with van der Waals surface area (Å²) in [7, 11) is 0. The van der Waals surface area contributed by atoms with Gasteiger partial charge in [0.05, 0.1) is 11.4 Å². The number of amides is 2. The lowest BCUT2D eigenvalue weighted by Gasteiger charge is -2.28. The summed E-state index contributed by atoms with van der Waals surface area (Å²) in [4.78, 5) is 36.2. The maximum absolute atomic E-state index is 11.7. The summed E-state index contributed by atoms with van der Waals surface area (Å²) in [5.74, 6) is -0.489. The van der Waals surface area contributed by atoms with E-state index in [1.54, 1.807) is 18.2 Å². The third-order valence-electron chi connectivity index (χ3n) is 2.62. The lowest BCUT2D eigenvalue weighted by molar-refractivity contribution is -0.121. The van der Waals surface area contributed by atoms with Crippen LogP contribution < -0.4 is 10.6 Å². The number of thioether (sulfide) groups is 1. The van der Waals surface area contributed by atoms with Gasteiger partial charge in [0.1, 0.15) is 6.54 Å². The van der Waals surface area contributed by atoms with Crippen molar-refractivity contribution in [3.8, 4) is 0 Å². The molecule has 1 aliphatic rings. The van der Waals surface area contributed by atoms with Crippen LogP contribution in [0.5, 0.6) is 0 Å². The van der Waals surface area contributed by atoms with Gasteiger partial charge in [-0.1, -0.05) is 0 Å². The summed E-state index contributed by atoms with van der Waals surface area (Å²) in [5, 5.41) is 0. The highest BCUT2D eigenvalue weighted by Gasteiger charge is 2.26. The van der Waals surface area contributed by atoms with E-state index < -0.39 is 5.91 Å². The van der Waals surface area contributed by atoms with Crippen molar-refractivity contribution >= 4 is 35.0 Å². The van der Waals surface area contributed by atoms with Crippen LogP contribution in [0.2, 0.25) is 0 Å². The molecule has 2 rings (SSSR count). The zero-order valence-corrected chi connectivity index (χ0v) is 10.6. The molecule has 94 valence electrons. The SMILES string of the molecule is CC(=O)c1ccc2c(c1)SCC(=O)N2CC(N)=O. The molecule has 1 aromatic rings. The zero-order valence-electron chi connectivity index (χ0n) is 9.80. The van der Waals surface area contributed by atoms with Crippen LogP contribution >= 0.6 is 11.8 Å². The van der Waals surface area contributed by atoms with E-state index in [4.69, 9.17) is 5.73 Å². The maximum atomic E-state index is 11.7. The van der Waals surface area contributed by atoms with Crippen molar-refractivity contribution in [2.24, 2.45) is 5.73 Å². The Morgan fingerprint density at radius 2 is 2.17 bits per heavy atom. The van der Waals surface area contributed by atoms with Crippen LogP contribution in [0.25, 0.3) is 0 Å². The number of fused-ring (bicyclic) bond motifs is 1. The molecule has 0 aromatic heterocycles. The number of Topliss-reactive ketones (excluding diaryl/α,β-unsaturated/α-hetero) is 1. The van der Waals surface area contributed by atoms with Gasteiger partial charge in [-0.3, -0.25) is 14.4 Å². The quantitative estimate of drug-likeness (QED) is 0.819. The fourth-order valence-corrected chi connectivity index (χ4v) is 2.72. The number of primary amides is 1. The zero-order chi connectivity index (χ0) is 13.3. The van der Waals surface area contributed by atoms with Crippen molar-refractivity contribution in [3.05, 3.63) is 23.8 Å². The minimum atomic E-state index is -0.558.